The van der Waals surface area contributed by atoms with E-state index in [1.807, 2.05) is 33.0 Å². The summed E-state index contributed by atoms with van der Waals surface area (Å²) in [7, 11) is 0. The van der Waals surface area contributed by atoms with Crippen LogP contribution in [0.15, 0.2) is 108 Å². The van der Waals surface area contributed by atoms with Crippen molar-refractivity contribution < 1.29 is 31.4 Å². The summed E-state index contributed by atoms with van der Waals surface area (Å²) >= 11 is 0. The van der Waals surface area contributed by atoms with Crippen LogP contribution in [-0.4, -0.2) is 24.9 Å². The molecule has 8 rings (SSSR count). The fourth-order valence-corrected chi connectivity index (χ4v) is 6.56. The van der Waals surface area contributed by atoms with Crippen LogP contribution in [0.3, 0.4) is 0 Å². The predicted molar refractivity (Wildman–Crippen MR) is 243 cm³/mol. The van der Waals surface area contributed by atoms with Crippen molar-refractivity contribution >= 4 is 21.9 Å². The number of fused-ring (bicyclic) bond motifs is 3. The molecule has 1 radical (unpaired) electrons. The molecule has 7 heteroatoms. The number of para-hydroxylation sites is 1. The van der Waals surface area contributed by atoms with Crippen molar-refractivity contribution in [3.05, 3.63) is 149 Å². The van der Waals surface area contributed by atoms with Gasteiger partial charge in [0.2, 0.25) is 0 Å². The summed E-state index contributed by atoms with van der Waals surface area (Å²) in [6, 6.07) is 35.3. The van der Waals surface area contributed by atoms with Gasteiger partial charge in [0.15, 0.2) is 5.82 Å². The Balaban J connectivity index is 0.000000249. The molecule has 309 valence electrons. The summed E-state index contributed by atoms with van der Waals surface area (Å²) in [4.78, 5) is 23.5. The van der Waals surface area contributed by atoms with Gasteiger partial charge < -0.3 is 14.4 Å². The predicted octanol–water partition coefficient (Wildman–Crippen LogP) is 13.6. The van der Waals surface area contributed by atoms with Crippen molar-refractivity contribution in [3.8, 4) is 45.0 Å². The van der Waals surface area contributed by atoms with Crippen LogP contribution in [-0.2, 0) is 37.3 Å². The van der Waals surface area contributed by atoms with Crippen LogP contribution in [0.5, 0.6) is 0 Å². The molecule has 0 aliphatic carbocycles. The minimum Gasteiger partial charge on any atom is -0.500 e. The second kappa shape index (κ2) is 17.3. The molecule has 0 amide bonds. The minimum atomic E-state index is -2.14. The van der Waals surface area contributed by atoms with Gasteiger partial charge in [0.05, 0.1) is 5.58 Å². The average Bonchev–Trinajstić information content (AvgIpc) is 3.63. The number of rotatable bonds is 5. The van der Waals surface area contributed by atoms with E-state index in [0.29, 0.717) is 22.6 Å². The smallest absolute Gasteiger partial charge is 0.163 e. The summed E-state index contributed by atoms with van der Waals surface area (Å²) in [6.07, 6.45) is 1.95. The standard InChI is InChI=1S/C36H35N4O.C17H20N.Ir/c1-21-19-29(37-20-22(21)2)28-14-10-13-27-26-12-9-11-25(30(26)41-31(27)28)23-15-17-24(18-16-23)32-38-33(35(3,4)5)40-34(39-32)36(6,7)8;1-13-5-8-15(9-6-13)16-10-7-14(12-18-16)11-17(2,3)4;/h9-13,15-20H,1-8H3;5-8,10,12H,11H2,1-4H3;/q2*-1;/i;1D3,11D2;. The third-order valence-corrected chi connectivity index (χ3v) is 9.89. The molecule has 0 spiro atoms. The van der Waals surface area contributed by atoms with E-state index in [1.165, 1.54) is 17.8 Å². The van der Waals surface area contributed by atoms with Gasteiger partial charge in [-0.15, -0.1) is 53.6 Å². The molecule has 0 N–H and O–H groups in total. The average molecular weight is 975 g/mol. The Bertz CT molecular complexity index is 2930. The molecule has 6 nitrogen and oxygen atoms in total. The number of aromatic nitrogens is 5. The second-order valence-electron chi connectivity index (χ2n) is 18.2. The Morgan fingerprint density at radius 3 is 1.92 bits per heavy atom. The maximum absolute atomic E-state index is 8.25. The van der Waals surface area contributed by atoms with Gasteiger partial charge >= 0.3 is 0 Å². The Kier molecular flexibility index (Phi) is 10.9. The van der Waals surface area contributed by atoms with Gasteiger partial charge in [0, 0.05) is 66.7 Å². The molecule has 4 aromatic carbocycles. The number of hydrogen-bond donors (Lipinski definition) is 0. The van der Waals surface area contributed by atoms with E-state index in [2.05, 4.69) is 132 Å². The molecule has 0 bridgehead atoms. The largest absolute Gasteiger partial charge is 0.500 e. The first-order valence-electron chi connectivity index (χ1n) is 22.5. The SMILES string of the molecule is Cc1cnc(-c2[c-]ccc3c2oc2c(-c4ccc(-c5nc(C(C)(C)C)nc(C(C)(C)C)n5)cc4)cccc23)cc1C.[2H]C([2H])([2H])c1c[c-]c(-c2ccc(C([2H])([2H])C(C)(C)C)cn2)cc1.[Ir]. The maximum atomic E-state index is 8.25. The van der Waals surface area contributed by atoms with Crippen molar-refractivity contribution in [2.75, 3.05) is 0 Å². The topological polar surface area (TPSA) is 77.6 Å². The van der Waals surface area contributed by atoms with E-state index in [0.717, 1.165) is 67.1 Å². The Morgan fingerprint density at radius 2 is 1.33 bits per heavy atom. The van der Waals surface area contributed by atoms with E-state index in [4.69, 9.17) is 26.2 Å². The summed E-state index contributed by atoms with van der Waals surface area (Å²) in [5, 5.41) is 2.13. The maximum Gasteiger partial charge on any atom is 0.163 e. The molecule has 4 aromatic heterocycles. The molecule has 0 fully saturated rings. The van der Waals surface area contributed by atoms with Crippen molar-refractivity contribution in [1.82, 2.24) is 24.9 Å². The fourth-order valence-electron chi connectivity index (χ4n) is 6.56. The summed E-state index contributed by atoms with van der Waals surface area (Å²) in [5.41, 5.74) is 9.98. The molecule has 0 atom stereocenters. The van der Waals surface area contributed by atoms with Crippen LogP contribution in [0.25, 0.3) is 67.0 Å². The van der Waals surface area contributed by atoms with Crippen LogP contribution >= 0.6 is 0 Å². The van der Waals surface area contributed by atoms with Gasteiger partial charge in [-0.1, -0.05) is 146 Å². The van der Waals surface area contributed by atoms with Gasteiger partial charge in [0.1, 0.15) is 17.2 Å². The van der Waals surface area contributed by atoms with Gasteiger partial charge in [0.25, 0.3) is 0 Å². The number of benzene rings is 4. The first kappa shape index (κ1) is 37.6. The monoisotopic (exact) mass is 975 g/mol. The van der Waals surface area contributed by atoms with Crippen molar-refractivity contribution in [2.24, 2.45) is 5.41 Å². The van der Waals surface area contributed by atoms with Crippen LogP contribution in [0.2, 0.25) is 0 Å². The van der Waals surface area contributed by atoms with E-state index in [9.17, 15) is 0 Å². The van der Waals surface area contributed by atoms with Crippen LogP contribution in [0.4, 0.5) is 0 Å². The fraction of sp³-hybridized carbons (Fsp3) is 0.302. The van der Waals surface area contributed by atoms with E-state index < -0.39 is 18.6 Å². The van der Waals surface area contributed by atoms with Crippen LogP contribution < -0.4 is 0 Å². The Hall–Kier alpha value is -5.36. The summed E-state index contributed by atoms with van der Waals surface area (Å²) in [5.74, 6) is 2.30. The minimum absolute atomic E-state index is 0. The van der Waals surface area contributed by atoms with E-state index in [-0.39, 0.29) is 36.5 Å². The third kappa shape index (κ3) is 9.97. The number of hydrogen-bond acceptors (Lipinski definition) is 6. The molecule has 0 unspecified atom stereocenters. The summed E-state index contributed by atoms with van der Waals surface area (Å²) < 4.78 is 45.2. The first-order valence-corrected chi connectivity index (χ1v) is 20.0. The van der Waals surface area contributed by atoms with Crippen LogP contribution in [0, 0.1) is 38.2 Å². The second-order valence-corrected chi connectivity index (χ2v) is 18.2. The van der Waals surface area contributed by atoms with Gasteiger partial charge in [-0.25, -0.2) is 15.0 Å². The first-order chi connectivity index (χ1) is 29.8. The normalized spacial score (nSPS) is 13.6. The van der Waals surface area contributed by atoms with E-state index >= 15 is 0 Å². The van der Waals surface area contributed by atoms with Gasteiger partial charge in [-0.3, -0.25) is 0 Å². The zero-order valence-corrected chi connectivity index (χ0v) is 38.7. The number of furan rings is 1. The van der Waals surface area contributed by atoms with Crippen molar-refractivity contribution in [1.29, 1.82) is 0 Å². The molecular formula is C53H55IrN5O-2. The Morgan fingerprint density at radius 1 is 0.667 bits per heavy atom. The molecule has 60 heavy (non-hydrogen) atoms. The molecule has 0 saturated heterocycles. The zero-order valence-electron chi connectivity index (χ0n) is 41.3. The molecular weight excluding hydrogens is 915 g/mol. The molecule has 0 saturated carbocycles. The van der Waals surface area contributed by atoms with Gasteiger partial charge in [-0.05, 0) is 53.7 Å². The molecule has 0 aliphatic heterocycles. The van der Waals surface area contributed by atoms with Crippen LogP contribution in [0.1, 0.15) is 103 Å². The molecule has 4 heterocycles. The van der Waals surface area contributed by atoms with Crippen molar-refractivity contribution in [2.45, 2.75) is 100 Å². The number of nitrogens with zero attached hydrogens (tertiary/aromatic N) is 5. The molecule has 8 aromatic rings. The van der Waals surface area contributed by atoms with E-state index in [1.54, 1.807) is 24.3 Å². The zero-order chi connectivity index (χ0) is 46.6. The van der Waals surface area contributed by atoms with Gasteiger partial charge in [-0.2, -0.15) is 0 Å². The summed E-state index contributed by atoms with van der Waals surface area (Å²) in [6.45, 7) is 20.4. The third-order valence-electron chi connectivity index (χ3n) is 9.89. The number of pyridine rings is 2. The Labute approximate surface area is 376 Å². The number of aryl methyl sites for hydroxylation is 3. The van der Waals surface area contributed by atoms with Crippen molar-refractivity contribution in [3.63, 3.8) is 0 Å². The molecule has 0 aliphatic rings. The quantitative estimate of drug-likeness (QED) is 0.160.